The number of anilines is 1. The second kappa shape index (κ2) is 3.94. The Morgan fingerprint density at radius 2 is 2.28 bits per heavy atom. The molecule has 0 spiro atoms. The highest BCUT2D eigenvalue weighted by Crippen LogP contribution is 2.32. The monoisotopic (exact) mass is 243 g/mol. The van der Waals surface area contributed by atoms with E-state index in [2.05, 4.69) is 15.8 Å². The van der Waals surface area contributed by atoms with Crippen molar-refractivity contribution in [1.82, 2.24) is 5.43 Å². The van der Waals surface area contributed by atoms with Gasteiger partial charge in [-0.3, -0.25) is 9.59 Å². The molecule has 2 N–H and O–H groups in total. The number of carbonyl (C=O) groups is 2. The van der Waals surface area contributed by atoms with E-state index in [1.165, 1.54) is 6.92 Å². The Bertz CT molecular complexity index is 578. The fourth-order valence-corrected chi connectivity index (χ4v) is 2.59. The molecule has 0 saturated heterocycles. The van der Waals surface area contributed by atoms with E-state index in [0.717, 1.165) is 28.9 Å². The fourth-order valence-electron chi connectivity index (χ4n) is 2.59. The van der Waals surface area contributed by atoms with Gasteiger partial charge in [0.15, 0.2) is 0 Å². The molecule has 0 radical (unpaired) electrons. The van der Waals surface area contributed by atoms with Gasteiger partial charge in [-0.25, -0.2) is 5.43 Å². The summed E-state index contributed by atoms with van der Waals surface area (Å²) >= 11 is 0. The number of nitrogens with zero attached hydrogens (tertiary/aromatic N) is 1. The van der Waals surface area contributed by atoms with Crippen LogP contribution in [0.25, 0.3) is 0 Å². The van der Waals surface area contributed by atoms with Crippen LogP contribution in [0.4, 0.5) is 5.69 Å². The molecule has 92 valence electrons. The van der Waals surface area contributed by atoms with Crippen molar-refractivity contribution in [1.29, 1.82) is 0 Å². The summed E-state index contributed by atoms with van der Waals surface area (Å²) in [6.07, 6.45) is 1.30. The van der Waals surface area contributed by atoms with Gasteiger partial charge in [-0.15, -0.1) is 0 Å². The minimum atomic E-state index is -0.0838. The summed E-state index contributed by atoms with van der Waals surface area (Å²) in [5.74, 6) is 0.0690. The van der Waals surface area contributed by atoms with E-state index >= 15 is 0 Å². The zero-order chi connectivity index (χ0) is 12.7. The molecule has 1 heterocycles. The normalized spacial score (nSPS) is 20.6. The maximum absolute atomic E-state index is 11.3. The van der Waals surface area contributed by atoms with Gasteiger partial charge in [0, 0.05) is 30.5 Å². The predicted molar refractivity (Wildman–Crippen MR) is 67.2 cm³/mol. The molecule has 1 aliphatic carbocycles. The van der Waals surface area contributed by atoms with Gasteiger partial charge in [-0.05, 0) is 24.1 Å². The summed E-state index contributed by atoms with van der Waals surface area (Å²) in [6, 6.07) is 5.78. The molecule has 18 heavy (non-hydrogen) atoms. The molecule has 0 fully saturated rings. The first-order valence-electron chi connectivity index (χ1n) is 5.91. The smallest absolute Gasteiger partial charge is 0.240 e. The Hall–Kier alpha value is -2.17. The maximum atomic E-state index is 11.3. The van der Waals surface area contributed by atoms with Crippen molar-refractivity contribution in [2.45, 2.75) is 19.8 Å². The van der Waals surface area contributed by atoms with Crippen LogP contribution < -0.4 is 10.7 Å². The summed E-state index contributed by atoms with van der Waals surface area (Å²) in [5.41, 5.74) is 6.49. The lowest BCUT2D eigenvalue weighted by molar-refractivity contribution is -0.122. The van der Waals surface area contributed by atoms with Gasteiger partial charge in [0.2, 0.25) is 11.8 Å². The molecule has 2 aliphatic rings. The largest absolute Gasteiger partial charge is 0.326 e. The number of nitrogens with one attached hydrogen (secondary N) is 2. The molecule has 0 saturated carbocycles. The molecule has 2 amide bonds. The van der Waals surface area contributed by atoms with Crippen LogP contribution in [-0.4, -0.2) is 17.5 Å². The predicted octanol–water partition coefficient (Wildman–Crippen LogP) is 1.04. The van der Waals surface area contributed by atoms with Gasteiger partial charge in [0.1, 0.15) is 0 Å². The van der Waals surface area contributed by atoms with E-state index in [0.29, 0.717) is 6.42 Å². The van der Waals surface area contributed by atoms with Crippen LogP contribution in [0.5, 0.6) is 0 Å². The molecule has 3 rings (SSSR count). The lowest BCUT2D eigenvalue weighted by Crippen LogP contribution is -2.31. The molecule has 5 heteroatoms. The highest BCUT2D eigenvalue weighted by Gasteiger charge is 2.33. The molecular weight excluding hydrogens is 230 g/mol. The van der Waals surface area contributed by atoms with Crippen LogP contribution in [0.1, 0.15) is 24.5 Å². The average Bonchev–Trinajstić information content (AvgIpc) is 2.64. The first-order valence-corrected chi connectivity index (χ1v) is 5.91. The molecule has 0 aromatic heterocycles. The molecule has 5 nitrogen and oxygen atoms in total. The highest BCUT2D eigenvalue weighted by atomic mass is 16.2. The van der Waals surface area contributed by atoms with Crippen LogP contribution in [-0.2, 0) is 16.0 Å². The summed E-state index contributed by atoms with van der Waals surface area (Å²) in [4.78, 5) is 22.3. The van der Waals surface area contributed by atoms with Gasteiger partial charge in [0.05, 0.1) is 5.71 Å². The van der Waals surface area contributed by atoms with Crippen molar-refractivity contribution in [2.24, 2.45) is 11.0 Å². The number of amides is 2. The second-order valence-corrected chi connectivity index (χ2v) is 4.69. The Kier molecular flexibility index (Phi) is 2.40. The van der Waals surface area contributed by atoms with Crippen molar-refractivity contribution < 1.29 is 9.59 Å². The number of rotatable bonds is 1. The van der Waals surface area contributed by atoms with Crippen molar-refractivity contribution in [2.75, 3.05) is 5.32 Å². The minimum absolute atomic E-state index is 0.0290. The van der Waals surface area contributed by atoms with Gasteiger partial charge in [-0.1, -0.05) is 6.07 Å². The van der Waals surface area contributed by atoms with E-state index < -0.39 is 0 Å². The van der Waals surface area contributed by atoms with Crippen LogP contribution >= 0.6 is 0 Å². The molecular formula is C13H13N3O2. The SMILES string of the molecule is CC(=O)Nc1ccc2c(c1)CC1CC(=O)NN=C21. The summed E-state index contributed by atoms with van der Waals surface area (Å²) < 4.78 is 0. The van der Waals surface area contributed by atoms with Gasteiger partial charge >= 0.3 is 0 Å². The van der Waals surface area contributed by atoms with Crippen molar-refractivity contribution in [3.05, 3.63) is 29.3 Å². The van der Waals surface area contributed by atoms with Crippen LogP contribution in [0.2, 0.25) is 0 Å². The lowest BCUT2D eigenvalue weighted by atomic mass is 9.99. The summed E-state index contributed by atoms with van der Waals surface area (Å²) in [6.45, 7) is 1.49. The Morgan fingerprint density at radius 3 is 3.06 bits per heavy atom. The third-order valence-corrected chi connectivity index (χ3v) is 3.29. The van der Waals surface area contributed by atoms with Crippen LogP contribution in [0, 0.1) is 5.92 Å². The van der Waals surface area contributed by atoms with Crippen molar-refractivity contribution >= 4 is 23.2 Å². The fraction of sp³-hybridized carbons (Fsp3) is 0.308. The molecule has 1 aromatic carbocycles. The lowest BCUT2D eigenvalue weighted by Gasteiger charge is -2.15. The number of hydrogen-bond donors (Lipinski definition) is 2. The maximum Gasteiger partial charge on any atom is 0.240 e. The van der Waals surface area contributed by atoms with Gasteiger partial charge < -0.3 is 5.32 Å². The summed E-state index contributed by atoms with van der Waals surface area (Å²) in [5, 5.41) is 6.90. The summed E-state index contributed by atoms with van der Waals surface area (Å²) in [7, 11) is 0. The van der Waals surface area contributed by atoms with E-state index in [9.17, 15) is 9.59 Å². The molecule has 1 aliphatic heterocycles. The standard InChI is InChI=1S/C13H13N3O2/c1-7(17)14-10-2-3-11-8(5-10)4-9-6-12(18)15-16-13(9)11/h2-3,5,9H,4,6H2,1H3,(H,14,17)(H,15,18). The van der Waals surface area contributed by atoms with Gasteiger partial charge in [-0.2, -0.15) is 5.10 Å². The number of carbonyl (C=O) groups excluding carboxylic acids is 2. The Balaban J connectivity index is 1.94. The zero-order valence-electron chi connectivity index (χ0n) is 9.99. The molecule has 1 unspecified atom stereocenters. The highest BCUT2D eigenvalue weighted by molar-refractivity contribution is 6.09. The minimum Gasteiger partial charge on any atom is -0.326 e. The van der Waals surface area contributed by atoms with Crippen LogP contribution in [0.15, 0.2) is 23.3 Å². The quantitative estimate of drug-likeness (QED) is 0.773. The van der Waals surface area contributed by atoms with Crippen molar-refractivity contribution in [3.8, 4) is 0 Å². The first kappa shape index (κ1) is 11.0. The molecule has 1 atom stereocenters. The Morgan fingerprint density at radius 1 is 1.44 bits per heavy atom. The number of hydrazone groups is 1. The van der Waals surface area contributed by atoms with Gasteiger partial charge in [0.25, 0.3) is 0 Å². The second-order valence-electron chi connectivity index (χ2n) is 4.69. The van der Waals surface area contributed by atoms with Crippen molar-refractivity contribution in [3.63, 3.8) is 0 Å². The van der Waals surface area contributed by atoms with E-state index in [1.807, 2.05) is 18.2 Å². The number of benzene rings is 1. The van der Waals surface area contributed by atoms with E-state index in [-0.39, 0.29) is 17.7 Å². The zero-order valence-corrected chi connectivity index (χ0v) is 9.99. The Labute approximate surface area is 104 Å². The number of hydrogen-bond acceptors (Lipinski definition) is 3. The third kappa shape index (κ3) is 1.77. The number of fused-ring (bicyclic) bond motifs is 3. The van der Waals surface area contributed by atoms with E-state index in [4.69, 9.17) is 0 Å². The third-order valence-electron chi connectivity index (χ3n) is 3.29. The topological polar surface area (TPSA) is 70.6 Å². The molecule has 1 aromatic rings. The van der Waals surface area contributed by atoms with Crippen LogP contribution in [0.3, 0.4) is 0 Å². The first-order chi connectivity index (χ1) is 8.63. The van der Waals surface area contributed by atoms with E-state index in [1.54, 1.807) is 0 Å². The average molecular weight is 243 g/mol. The molecule has 0 bridgehead atoms.